The smallest absolute Gasteiger partial charge is 0.293 e. The predicted octanol–water partition coefficient (Wildman–Crippen LogP) is 3.76. The number of hydrogen-bond donors (Lipinski definition) is 0. The minimum atomic E-state index is -0.170. The third-order valence-corrected chi connectivity index (χ3v) is 5.31. The summed E-state index contributed by atoms with van der Waals surface area (Å²) in [5.74, 6) is 0.479. The predicted molar refractivity (Wildman–Crippen MR) is 94.0 cm³/mol. The summed E-state index contributed by atoms with van der Waals surface area (Å²) in [5, 5.41) is 5.76. The zero-order valence-electron chi connectivity index (χ0n) is 13.7. The average molecular weight is 361 g/mol. The average Bonchev–Trinajstić information content (AvgIpc) is 2.98. The molecule has 1 saturated carbocycles. The molecule has 1 aliphatic carbocycles. The number of rotatable bonds is 3. The molecular formula is C18H17ClN2O4. The number of carbonyl (C=O) groups is 1. The number of aryl methyl sites for hydroxylation is 1. The van der Waals surface area contributed by atoms with E-state index in [0.717, 1.165) is 24.8 Å². The molecule has 0 bridgehead atoms. The maximum atomic E-state index is 13.2. The van der Waals surface area contributed by atoms with Crippen LogP contribution >= 0.6 is 11.6 Å². The minimum absolute atomic E-state index is 0.0640. The van der Waals surface area contributed by atoms with E-state index in [9.17, 15) is 9.59 Å². The number of carbonyl (C=O) groups excluding carboxylic acids is 1. The highest BCUT2D eigenvalue weighted by Gasteiger charge is 2.28. The zero-order valence-corrected chi connectivity index (χ0v) is 14.5. The number of fused-ring (bicyclic) bond motifs is 3. The topological polar surface area (TPSA) is 74.3 Å². The Morgan fingerprint density at radius 1 is 1.36 bits per heavy atom. The van der Waals surface area contributed by atoms with E-state index in [-0.39, 0.29) is 17.7 Å². The second-order valence-electron chi connectivity index (χ2n) is 6.45. The molecule has 130 valence electrons. The summed E-state index contributed by atoms with van der Waals surface area (Å²) in [6.07, 6.45) is 2.98. The lowest BCUT2D eigenvalue weighted by atomic mass is 9.92. The highest BCUT2D eigenvalue weighted by Crippen LogP contribution is 2.35. The Balaban J connectivity index is 2.00. The molecule has 6 nitrogen and oxygen atoms in total. The van der Waals surface area contributed by atoms with Gasteiger partial charge in [-0.3, -0.25) is 9.59 Å². The molecule has 2 aromatic heterocycles. The number of aromatic nitrogens is 2. The van der Waals surface area contributed by atoms with Gasteiger partial charge in [0.05, 0.1) is 10.5 Å². The van der Waals surface area contributed by atoms with Crippen LogP contribution in [-0.4, -0.2) is 22.3 Å². The third kappa shape index (κ3) is 2.52. The fraction of sp³-hybridized carbons (Fsp3) is 0.389. The van der Waals surface area contributed by atoms with Crippen LogP contribution in [0.5, 0.6) is 0 Å². The van der Waals surface area contributed by atoms with Gasteiger partial charge in [0.25, 0.3) is 12.0 Å². The maximum Gasteiger partial charge on any atom is 0.293 e. The van der Waals surface area contributed by atoms with Crippen molar-refractivity contribution in [2.75, 3.05) is 0 Å². The molecule has 2 unspecified atom stereocenters. The number of halogens is 1. The number of benzene rings is 1. The molecule has 0 N–H and O–H groups in total. The molecule has 0 saturated heterocycles. The zero-order chi connectivity index (χ0) is 17.6. The van der Waals surface area contributed by atoms with Crippen LogP contribution in [0.1, 0.15) is 37.5 Å². The van der Waals surface area contributed by atoms with E-state index in [1.807, 2.05) is 12.1 Å². The van der Waals surface area contributed by atoms with Gasteiger partial charge in [-0.2, -0.15) is 0 Å². The molecule has 0 amide bonds. The first-order valence-corrected chi connectivity index (χ1v) is 8.67. The standard InChI is InChI=1S/C18H17ClN2O4/c1-10-15-17(20-25-10)16-13(19)6-3-7-14(16)21(18(15)23)11-4-2-5-12(8-11)24-9-22/h3,6-7,9,11-12H,2,4-5,8H2,1H3. The first kappa shape index (κ1) is 16.1. The maximum absolute atomic E-state index is 13.2. The van der Waals surface area contributed by atoms with Gasteiger partial charge in [0.15, 0.2) is 0 Å². The van der Waals surface area contributed by atoms with E-state index in [4.69, 9.17) is 20.9 Å². The van der Waals surface area contributed by atoms with Crippen molar-refractivity contribution in [2.45, 2.75) is 44.8 Å². The fourth-order valence-electron chi connectivity index (χ4n) is 3.89. The summed E-state index contributed by atoms with van der Waals surface area (Å²) in [4.78, 5) is 23.9. The van der Waals surface area contributed by atoms with Crippen LogP contribution in [0.15, 0.2) is 27.5 Å². The van der Waals surface area contributed by atoms with E-state index in [1.165, 1.54) is 0 Å². The molecule has 2 heterocycles. The highest BCUT2D eigenvalue weighted by atomic mass is 35.5. The Kier molecular flexibility index (Phi) is 4.00. The van der Waals surface area contributed by atoms with Crippen molar-refractivity contribution in [3.63, 3.8) is 0 Å². The van der Waals surface area contributed by atoms with Crippen molar-refractivity contribution < 1.29 is 14.1 Å². The fourth-order valence-corrected chi connectivity index (χ4v) is 4.15. The number of hydrogen-bond acceptors (Lipinski definition) is 5. The monoisotopic (exact) mass is 360 g/mol. The van der Waals surface area contributed by atoms with Crippen LogP contribution in [0, 0.1) is 6.92 Å². The normalized spacial score (nSPS) is 20.9. The first-order valence-electron chi connectivity index (χ1n) is 8.29. The lowest BCUT2D eigenvalue weighted by molar-refractivity contribution is -0.135. The molecule has 3 aromatic rings. The summed E-state index contributed by atoms with van der Waals surface area (Å²) >= 11 is 6.42. The Morgan fingerprint density at radius 2 is 2.20 bits per heavy atom. The van der Waals surface area contributed by atoms with E-state index < -0.39 is 0 Å². The summed E-state index contributed by atoms with van der Waals surface area (Å²) < 4.78 is 12.2. The number of pyridine rings is 1. The van der Waals surface area contributed by atoms with Crippen molar-refractivity contribution in [1.29, 1.82) is 0 Å². The van der Waals surface area contributed by atoms with Crippen LogP contribution in [0.4, 0.5) is 0 Å². The lowest BCUT2D eigenvalue weighted by Crippen LogP contribution is -2.31. The van der Waals surface area contributed by atoms with Gasteiger partial charge in [-0.05, 0) is 38.3 Å². The number of ether oxygens (including phenoxy) is 1. The molecule has 0 radical (unpaired) electrons. The van der Waals surface area contributed by atoms with Gasteiger partial charge in [-0.15, -0.1) is 0 Å². The van der Waals surface area contributed by atoms with E-state index in [2.05, 4.69) is 5.16 Å². The van der Waals surface area contributed by atoms with E-state index in [0.29, 0.717) is 40.0 Å². The molecular weight excluding hydrogens is 344 g/mol. The summed E-state index contributed by atoms with van der Waals surface area (Å²) in [6, 6.07) is 5.41. The lowest BCUT2D eigenvalue weighted by Gasteiger charge is -2.30. The van der Waals surface area contributed by atoms with Gasteiger partial charge in [0, 0.05) is 17.8 Å². The highest BCUT2D eigenvalue weighted by molar-refractivity contribution is 6.37. The van der Waals surface area contributed by atoms with Crippen molar-refractivity contribution in [3.8, 4) is 0 Å². The molecule has 2 atom stereocenters. The Morgan fingerprint density at radius 3 is 3.00 bits per heavy atom. The first-order chi connectivity index (χ1) is 12.1. The molecule has 25 heavy (non-hydrogen) atoms. The van der Waals surface area contributed by atoms with Crippen LogP contribution in [-0.2, 0) is 9.53 Å². The van der Waals surface area contributed by atoms with Gasteiger partial charge < -0.3 is 13.8 Å². The van der Waals surface area contributed by atoms with Crippen LogP contribution < -0.4 is 5.56 Å². The summed E-state index contributed by atoms with van der Waals surface area (Å²) in [5.41, 5.74) is 1.09. The number of nitrogens with zero attached hydrogens (tertiary/aromatic N) is 2. The van der Waals surface area contributed by atoms with E-state index >= 15 is 0 Å². The van der Waals surface area contributed by atoms with Crippen molar-refractivity contribution in [2.24, 2.45) is 0 Å². The van der Waals surface area contributed by atoms with Gasteiger partial charge in [0.1, 0.15) is 22.8 Å². The quantitative estimate of drug-likeness (QED) is 0.665. The molecule has 1 aliphatic rings. The van der Waals surface area contributed by atoms with E-state index in [1.54, 1.807) is 17.6 Å². The molecule has 0 spiro atoms. The van der Waals surface area contributed by atoms with Crippen molar-refractivity contribution >= 4 is 39.9 Å². The van der Waals surface area contributed by atoms with Gasteiger partial charge in [0.2, 0.25) is 0 Å². The van der Waals surface area contributed by atoms with Crippen LogP contribution in [0.2, 0.25) is 5.02 Å². The SMILES string of the molecule is Cc1onc2c1c(=O)n(C1CCCC(OC=O)C1)c1cccc(Cl)c21. The van der Waals surface area contributed by atoms with Gasteiger partial charge in [-0.1, -0.05) is 22.8 Å². The molecule has 0 aliphatic heterocycles. The Hall–Kier alpha value is -2.34. The van der Waals surface area contributed by atoms with Crippen LogP contribution in [0.3, 0.4) is 0 Å². The summed E-state index contributed by atoms with van der Waals surface area (Å²) in [6.45, 7) is 2.21. The Labute approximate surface area is 148 Å². The summed E-state index contributed by atoms with van der Waals surface area (Å²) in [7, 11) is 0. The minimum Gasteiger partial charge on any atom is -0.465 e. The molecule has 1 aromatic carbocycles. The molecule has 7 heteroatoms. The molecule has 4 rings (SSSR count). The Bertz CT molecular complexity index is 1020. The van der Waals surface area contributed by atoms with Gasteiger partial charge in [-0.25, -0.2) is 0 Å². The van der Waals surface area contributed by atoms with Crippen molar-refractivity contribution in [3.05, 3.63) is 39.3 Å². The van der Waals surface area contributed by atoms with Crippen LogP contribution in [0.25, 0.3) is 21.8 Å². The third-order valence-electron chi connectivity index (χ3n) is 4.99. The second kappa shape index (κ2) is 6.19. The molecule has 1 fully saturated rings. The van der Waals surface area contributed by atoms with Crippen molar-refractivity contribution in [1.82, 2.24) is 9.72 Å². The largest absolute Gasteiger partial charge is 0.465 e. The van der Waals surface area contributed by atoms with Gasteiger partial charge >= 0.3 is 0 Å². The second-order valence-corrected chi connectivity index (χ2v) is 6.85.